The molecule has 5 heterocycles. The number of amides is 3. The minimum Gasteiger partial charge on any atom is -0.366 e. The van der Waals surface area contributed by atoms with E-state index in [1.54, 1.807) is 36.7 Å². The van der Waals surface area contributed by atoms with Gasteiger partial charge in [-0.3, -0.25) is 20.1 Å². The lowest BCUT2D eigenvalue weighted by atomic mass is 10.1. The molecule has 3 amide bonds. The van der Waals surface area contributed by atoms with Gasteiger partial charge in [0.25, 0.3) is 5.91 Å². The number of aromatic nitrogens is 4. The number of H-pyrrole nitrogens is 1. The van der Waals surface area contributed by atoms with Crippen molar-refractivity contribution in [1.29, 1.82) is 0 Å². The molecule has 3 N–H and O–H groups in total. The van der Waals surface area contributed by atoms with Crippen molar-refractivity contribution in [2.75, 3.05) is 28.2 Å². The summed E-state index contributed by atoms with van der Waals surface area (Å²) in [4.78, 5) is 37.8. The monoisotopic (exact) mass is 486 g/mol. The van der Waals surface area contributed by atoms with Crippen LogP contribution in [-0.2, 0) is 0 Å². The van der Waals surface area contributed by atoms with Gasteiger partial charge < -0.3 is 10.2 Å². The van der Waals surface area contributed by atoms with Crippen molar-refractivity contribution in [1.82, 2.24) is 25.5 Å². The van der Waals surface area contributed by atoms with E-state index in [1.807, 2.05) is 10.2 Å². The fourth-order valence-corrected chi connectivity index (χ4v) is 4.20. The van der Waals surface area contributed by atoms with Crippen LogP contribution in [0.2, 0.25) is 0 Å². The average Bonchev–Trinajstić information content (AvgIpc) is 3.50. The van der Waals surface area contributed by atoms with E-state index in [4.69, 9.17) is 0 Å². The minimum atomic E-state index is -4.58. The van der Waals surface area contributed by atoms with Crippen LogP contribution in [0.3, 0.4) is 0 Å². The molecule has 3 aromatic rings. The molecule has 0 spiro atoms. The molecule has 10 nitrogen and oxygen atoms in total. The van der Waals surface area contributed by atoms with E-state index in [2.05, 4.69) is 25.5 Å². The molecule has 2 aliphatic rings. The van der Waals surface area contributed by atoms with Crippen LogP contribution in [0, 0.1) is 0 Å². The molecule has 0 radical (unpaired) electrons. The first kappa shape index (κ1) is 22.6. The Hall–Kier alpha value is -4.16. The molecular formula is C22H21F3N8O2. The van der Waals surface area contributed by atoms with Gasteiger partial charge in [-0.25, -0.2) is 14.8 Å². The summed E-state index contributed by atoms with van der Waals surface area (Å²) in [5.74, 6) is -0.454. The van der Waals surface area contributed by atoms with E-state index in [0.717, 1.165) is 18.2 Å². The summed E-state index contributed by atoms with van der Waals surface area (Å²) in [6, 6.07) is 5.45. The second-order valence-electron chi connectivity index (χ2n) is 8.36. The number of anilines is 3. The molecule has 2 bridgehead atoms. The lowest BCUT2D eigenvalue weighted by Gasteiger charge is -2.35. The van der Waals surface area contributed by atoms with Gasteiger partial charge in [-0.1, -0.05) is 0 Å². The lowest BCUT2D eigenvalue weighted by molar-refractivity contribution is -0.149. The average molecular weight is 486 g/mol. The summed E-state index contributed by atoms with van der Waals surface area (Å²) in [7, 11) is 0. The van der Waals surface area contributed by atoms with Crippen molar-refractivity contribution in [3.05, 3.63) is 48.4 Å². The van der Waals surface area contributed by atoms with Gasteiger partial charge in [-0.15, -0.1) is 0 Å². The van der Waals surface area contributed by atoms with E-state index < -0.39 is 24.2 Å². The number of urea groups is 1. The number of hydrogen-bond donors (Lipinski definition) is 3. The van der Waals surface area contributed by atoms with E-state index in [9.17, 15) is 22.8 Å². The number of carbonyl (C=O) groups is 2. The fourth-order valence-electron chi connectivity index (χ4n) is 4.20. The summed E-state index contributed by atoms with van der Waals surface area (Å²) >= 11 is 0. The van der Waals surface area contributed by atoms with Crippen LogP contribution < -0.4 is 20.4 Å². The van der Waals surface area contributed by atoms with Gasteiger partial charge in [0.05, 0.1) is 17.4 Å². The van der Waals surface area contributed by atoms with Gasteiger partial charge in [0, 0.05) is 31.0 Å². The molecule has 1 unspecified atom stereocenters. The van der Waals surface area contributed by atoms with Gasteiger partial charge >= 0.3 is 12.2 Å². The zero-order valence-corrected chi connectivity index (χ0v) is 18.5. The number of hydrogen-bond acceptors (Lipinski definition) is 6. The van der Waals surface area contributed by atoms with E-state index >= 15 is 0 Å². The molecule has 2 atom stereocenters. The van der Waals surface area contributed by atoms with Crippen LogP contribution in [0.15, 0.2) is 42.7 Å². The maximum atomic E-state index is 13.4. The van der Waals surface area contributed by atoms with E-state index in [0.29, 0.717) is 31.0 Å². The standard InChI is InChI=1S/C22H21F3N8O2/c1-12(22(23,24)25)28-20(34)16-2-3-17-19(29-16)33(14-6-9-32(17)11-14)21(35)30-18-10-13(4-7-26-18)15-5-8-27-31-15/h2-5,7-8,10,12,14H,6,9,11H2,1H3,(H,27,31)(H,28,34)(H,26,30,35)/t12-,14?/m1/s1. The van der Waals surface area contributed by atoms with E-state index in [-0.39, 0.29) is 17.6 Å². The Morgan fingerprint density at radius 3 is 2.77 bits per heavy atom. The zero-order chi connectivity index (χ0) is 24.7. The fraction of sp³-hybridized carbons (Fsp3) is 0.318. The van der Waals surface area contributed by atoms with Crippen molar-refractivity contribution in [3.8, 4) is 11.3 Å². The van der Waals surface area contributed by atoms with Crippen LogP contribution in [0.4, 0.5) is 35.3 Å². The number of fused-ring (bicyclic) bond motifs is 4. The predicted molar refractivity (Wildman–Crippen MR) is 121 cm³/mol. The smallest absolute Gasteiger partial charge is 0.366 e. The molecule has 3 aromatic heterocycles. The van der Waals surface area contributed by atoms with Gasteiger partial charge in [0.15, 0.2) is 5.82 Å². The summed E-state index contributed by atoms with van der Waals surface area (Å²) in [5.41, 5.74) is 1.95. The first-order valence-electron chi connectivity index (χ1n) is 10.9. The van der Waals surface area contributed by atoms with Gasteiger partial charge in [-0.2, -0.15) is 18.3 Å². The largest absolute Gasteiger partial charge is 0.408 e. The van der Waals surface area contributed by atoms with Crippen LogP contribution >= 0.6 is 0 Å². The molecule has 13 heteroatoms. The number of nitrogens with one attached hydrogen (secondary N) is 3. The Balaban J connectivity index is 1.42. The number of carbonyl (C=O) groups excluding carboxylic acids is 2. The molecule has 182 valence electrons. The first-order valence-corrected chi connectivity index (χ1v) is 10.9. The van der Waals surface area contributed by atoms with Gasteiger partial charge in [0.1, 0.15) is 17.6 Å². The minimum absolute atomic E-state index is 0.209. The maximum Gasteiger partial charge on any atom is 0.408 e. The lowest BCUT2D eigenvalue weighted by Crippen LogP contribution is -2.49. The van der Waals surface area contributed by atoms with Crippen molar-refractivity contribution in [2.24, 2.45) is 0 Å². The topological polar surface area (TPSA) is 119 Å². The summed E-state index contributed by atoms with van der Waals surface area (Å²) in [6.45, 7) is 2.13. The quantitative estimate of drug-likeness (QED) is 0.521. The highest BCUT2D eigenvalue weighted by molar-refractivity contribution is 6.05. The highest BCUT2D eigenvalue weighted by atomic mass is 19.4. The third-order valence-electron chi connectivity index (χ3n) is 6.05. The Morgan fingerprint density at radius 2 is 2.03 bits per heavy atom. The van der Waals surface area contributed by atoms with Crippen molar-refractivity contribution in [3.63, 3.8) is 0 Å². The molecule has 5 rings (SSSR count). The zero-order valence-electron chi connectivity index (χ0n) is 18.5. The van der Waals surface area contributed by atoms with Crippen molar-refractivity contribution in [2.45, 2.75) is 31.6 Å². The van der Waals surface area contributed by atoms with Crippen molar-refractivity contribution < 1.29 is 22.8 Å². The predicted octanol–water partition coefficient (Wildman–Crippen LogP) is 3.18. The Morgan fingerprint density at radius 1 is 1.20 bits per heavy atom. The van der Waals surface area contributed by atoms with E-state index in [1.165, 1.54) is 11.0 Å². The molecule has 0 saturated carbocycles. The summed E-state index contributed by atoms with van der Waals surface area (Å²) in [5, 5.41) is 11.4. The third-order valence-corrected chi connectivity index (χ3v) is 6.05. The maximum absolute atomic E-state index is 13.4. The number of aromatic amines is 1. The highest BCUT2D eigenvalue weighted by Crippen LogP contribution is 2.39. The molecule has 0 aromatic carbocycles. The molecule has 1 saturated heterocycles. The van der Waals surface area contributed by atoms with Crippen LogP contribution in [0.1, 0.15) is 23.8 Å². The summed E-state index contributed by atoms with van der Waals surface area (Å²) in [6.07, 6.45) is -0.745. The molecular weight excluding hydrogens is 465 g/mol. The van der Waals surface area contributed by atoms with Crippen LogP contribution in [0.25, 0.3) is 11.3 Å². The normalized spacial score (nSPS) is 17.7. The first-order chi connectivity index (χ1) is 16.7. The Bertz CT molecular complexity index is 1260. The Kier molecular flexibility index (Phi) is 5.53. The van der Waals surface area contributed by atoms with Crippen molar-refractivity contribution >= 4 is 29.3 Å². The number of alkyl halides is 3. The molecule has 35 heavy (non-hydrogen) atoms. The second kappa shape index (κ2) is 8.56. The third kappa shape index (κ3) is 4.36. The Labute approximate surface area is 197 Å². The van der Waals surface area contributed by atoms with Crippen LogP contribution in [-0.4, -0.2) is 63.5 Å². The molecule has 0 aliphatic carbocycles. The number of halogens is 3. The SMILES string of the molecule is C[C@@H](NC(=O)c1ccc2c(n1)N(C(=O)Nc1cc(-c3ccn[nH]3)ccn1)C1CCN2C1)C(F)(F)F. The number of nitrogens with zero attached hydrogens (tertiary/aromatic N) is 5. The van der Waals surface area contributed by atoms with Gasteiger partial charge in [-0.05, 0) is 43.7 Å². The highest BCUT2D eigenvalue weighted by Gasteiger charge is 2.41. The molecule has 2 aliphatic heterocycles. The number of pyridine rings is 2. The summed E-state index contributed by atoms with van der Waals surface area (Å²) < 4.78 is 38.7. The molecule has 1 fully saturated rings. The van der Waals surface area contributed by atoms with Gasteiger partial charge in [0.2, 0.25) is 0 Å². The van der Waals surface area contributed by atoms with Crippen LogP contribution in [0.5, 0.6) is 0 Å². The second-order valence-corrected chi connectivity index (χ2v) is 8.36. The number of rotatable bonds is 4.